The van der Waals surface area contributed by atoms with E-state index in [1.807, 2.05) is 0 Å². The van der Waals surface area contributed by atoms with Crippen LogP contribution in [0.4, 0.5) is 0 Å². The second-order valence-electron chi connectivity index (χ2n) is 2.17. The van der Waals surface area contributed by atoms with E-state index >= 15 is 0 Å². The molecule has 0 aliphatic heterocycles. The van der Waals surface area contributed by atoms with E-state index in [0.717, 1.165) is 12.8 Å². The first-order chi connectivity index (χ1) is 5.72. The molecule has 0 aliphatic carbocycles. The Bertz CT molecular complexity index is 65.9. The summed E-state index contributed by atoms with van der Waals surface area (Å²) in [5.41, 5.74) is 0. The zero-order valence-electron chi connectivity index (χ0n) is 8.06. The fraction of sp³-hybridized carbons (Fsp3) is 1.00. The molecule has 1 radical (unpaired) electrons. The van der Waals surface area contributed by atoms with Gasteiger partial charge < -0.3 is 25.5 Å². The average molecular weight is 205 g/mol. The fourth-order valence-corrected chi connectivity index (χ4v) is 0.281. The van der Waals surface area contributed by atoms with Crippen molar-refractivity contribution in [3.63, 3.8) is 0 Å². The van der Waals surface area contributed by atoms with Gasteiger partial charge in [-0.25, -0.2) is 0 Å². The van der Waals surface area contributed by atoms with Crippen molar-refractivity contribution in [1.82, 2.24) is 0 Å². The summed E-state index contributed by atoms with van der Waals surface area (Å²) in [4.78, 5) is 0. The van der Waals surface area contributed by atoms with E-state index in [-0.39, 0.29) is 56.0 Å². The molecule has 5 N–H and O–H groups in total. The van der Waals surface area contributed by atoms with Gasteiger partial charge in [0.15, 0.2) is 0 Å². The van der Waals surface area contributed by atoms with Gasteiger partial charge in [0.2, 0.25) is 0 Å². The Hall–Kier alpha value is 0.800. The third-order valence-corrected chi connectivity index (χ3v) is 0.988. The first-order valence-corrected chi connectivity index (χ1v) is 3.84. The average Bonchev–Trinajstić information content (AvgIpc) is 2.14. The van der Waals surface area contributed by atoms with Crippen molar-refractivity contribution in [1.29, 1.82) is 0 Å². The minimum atomic E-state index is -0.954. The second-order valence-corrected chi connectivity index (χ2v) is 2.17. The summed E-state index contributed by atoms with van der Waals surface area (Å²) in [7, 11) is 0. The van der Waals surface area contributed by atoms with Gasteiger partial charge in [0, 0.05) is 42.8 Å². The maximum Gasteiger partial charge on any atom is 0.100 e. The van der Waals surface area contributed by atoms with Crippen LogP contribution in [0.1, 0.15) is 12.8 Å². The molecular formula is C7H18NaO5. The molecule has 0 aliphatic rings. The molecule has 6 heteroatoms. The van der Waals surface area contributed by atoms with E-state index in [1.54, 1.807) is 0 Å². The first-order valence-electron chi connectivity index (χ1n) is 3.84. The van der Waals surface area contributed by atoms with Gasteiger partial charge in [0.1, 0.15) is 6.10 Å². The van der Waals surface area contributed by atoms with Crippen molar-refractivity contribution >= 4 is 29.6 Å². The van der Waals surface area contributed by atoms with Crippen LogP contribution in [0, 0.1) is 0 Å². The standard InChI is InChI=1S/C4H10O2.C3H8O3.Na/c5-3-1-2-4-6;4-1-3(6)2-5;/h5-6H,1-4H2;3-6H,1-2H2;. The molecule has 0 aromatic carbocycles. The van der Waals surface area contributed by atoms with Crippen LogP contribution in [-0.4, -0.2) is 87.6 Å². The zero-order chi connectivity index (χ0) is 9.82. The minimum absolute atomic E-state index is 0. The Labute approximate surface area is 100 Å². The van der Waals surface area contributed by atoms with Gasteiger partial charge in [0.05, 0.1) is 13.2 Å². The van der Waals surface area contributed by atoms with Gasteiger partial charge in [-0.15, -0.1) is 0 Å². The monoisotopic (exact) mass is 205 g/mol. The van der Waals surface area contributed by atoms with Crippen molar-refractivity contribution in [2.75, 3.05) is 26.4 Å². The van der Waals surface area contributed by atoms with E-state index in [1.165, 1.54) is 0 Å². The van der Waals surface area contributed by atoms with E-state index < -0.39 is 6.10 Å². The zero-order valence-corrected chi connectivity index (χ0v) is 10.1. The molecular weight excluding hydrogens is 187 g/mol. The molecule has 13 heavy (non-hydrogen) atoms. The molecule has 0 atom stereocenters. The predicted molar refractivity (Wildman–Crippen MR) is 49.3 cm³/mol. The quantitative estimate of drug-likeness (QED) is 0.257. The summed E-state index contributed by atoms with van der Waals surface area (Å²) in [5, 5.41) is 40.2. The molecule has 0 amide bonds. The van der Waals surface area contributed by atoms with Crippen LogP contribution in [0.25, 0.3) is 0 Å². The van der Waals surface area contributed by atoms with Gasteiger partial charge in [-0.2, -0.15) is 0 Å². The smallest absolute Gasteiger partial charge is 0.100 e. The summed E-state index contributed by atoms with van der Waals surface area (Å²) >= 11 is 0. The van der Waals surface area contributed by atoms with Crippen LogP contribution in [0.15, 0.2) is 0 Å². The fourth-order valence-electron chi connectivity index (χ4n) is 0.281. The molecule has 5 nitrogen and oxygen atoms in total. The van der Waals surface area contributed by atoms with Crippen LogP contribution >= 0.6 is 0 Å². The SMILES string of the molecule is OCC(O)CO.OCCCCO.[Na]. The van der Waals surface area contributed by atoms with E-state index in [4.69, 9.17) is 25.5 Å². The Morgan fingerprint density at radius 2 is 1.08 bits per heavy atom. The largest absolute Gasteiger partial charge is 0.396 e. The van der Waals surface area contributed by atoms with Crippen molar-refractivity contribution in [2.24, 2.45) is 0 Å². The molecule has 0 saturated carbocycles. The van der Waals surface area contributed by atoms with Crippen molar-refractivity contribution in [2.45, 2.75) is 18.9 Å². The van der Waals surface area contributed by atoms with Crippen molar-refractivity contribution in [3.8, 4) is 0 Å². The van der Waals surface area contributed by atoms with Crippen LogP contribution in [0.2, 0.25) is 0 Å². The van der Waals surface area contributed by atoms with Crippen LogP contribution in [0.3, 0.4) is 0 Å². The first kappa shape index (κ1) is 19.4. The van der Waals surface area contributed by atoms with Crippen LogP contribution in [-0.2, 0) is 0 Å². The van der Waals surface area contributed by atoms with E-state index in [0.29, 0.717) is 0 Å². The number of rotatable bonds is 5. The minimum Gasteiger partial charge on any atom is -0.396 e. The van der Waals surface area contributed by atoms with E-state index in [9.17, 15) is 0 Å². The van der Waals surface area contributed by atoms with Crippen molar-refractivity contribution in [3.05, 3.63) is 0 Å². The second kappa shape index (κ2) is 18.6. The molecule has 0 saturated heterocycles. The van der Waals surface area contributed by atoms with Gasteiger partial charge in [-0.1, -0.05) is 0 Å². The van der Waals surface area contributed by atoms with Gasteiger partial charge >= 0.3 is 0 Å². The molecule has 0 spiro atoms. The molecule has 0 aromatic rings. The number of unbranched alkanes of at least 4 members (excludes halogenated alkanes) is 1. The molecule has 0 fully saturated rings. The molecule has 0 heterocycles. The molecule has 77 valence electrons. The Balaban J connectivity index is -0.000000143. The summed E-state index contributed by atoms with van der Waals surface area (Å²) in [6.45, 7) is -0.339. The Morgan fingerprint density at radius 1 is 0.769 bits per heavy atom. The normalized spacial score (nSPS) is 8.77. The number of aliphatic hydroxyl groups is 5. The van der Waals surface area contributed by atoms with Crippen LogP contribution < -0.4 is 0 Å². The number of hydrogen-bond donors (Lipinski definition) is 5. The summed E-state index contributed by atoms with van der Waals surface area (Å²) in [6, 6.07) is 0. The van der Waals surface area contributed by atoms with Gasteiger partial charge in [-0.05, 0) is 12.8 Å². The maximum absolute atomic E-state index is 8.17. The third kappa shape index (κ3) is 24.5. The van der Waals surface area contributed by atoms with Gasteiger partial charge in [0.25, 0.3) is 0 Å². The molecule has 0 aromatic heterocycles. The molecule has 0 rings (SSSR count). The van der Waals surface area contributed by atoms with E-state index in [2.05, 4.69) is 0 Å². The summed E-state index contributed by atoms with van der Waals surface area (Å²) < 4.78 is 0. The summed E-state index contributed by atoms with van der Waals surface area (Å²) in [6.07, 6.45) is 0.484. The maximum atomic E-state index is 8.17. The third-order valence-electron chi connectivity index (χ3n) is 0.988. The molecule has 0 bridgehead atoms. The predicted octanol–water partition coefficient (Wildman–Crippen LogP) is -2.30. The molecule has 0 unspecified atom stereocenters. The Kier molecular flexibility index (Phi) is 27.7. The van der Waals surface area contributed by atoms with Gasteiger partial charge in [-0.3, -0.25) is 0 Å². The van der Waals surface area contributed by atoms with Crippen molar-refractivity contribution < 1.29 is 25.5 Å². The summed E-state index contributed by atoms with van der Waals surface area (Å²) in [5.74, 6) is 0. The number of aliphatic hydroxyl groups excluding tert-OH is 5. The van der Waals surface area contributed by atoms with Crippen LogP contribution in [0.5, 0.6) is 0 Å². The topological polar surface area (TPSA) is 101 Å². The Morgan fingerprint density at radius 3 is 1.15 bits per heavy atom. The number of hydrogen-bond acceptors (Lipinski definition) is 5.